The lowest BCUT2D eigenvalue weighted by Crippen LogP contribution is -2.13. The summed E-state index contributed by atoms with van der Waals surface area (Å²) in [6.07, 6.45) is 2.60. The molecule has 0 aliphatic heterocycles. The first kappa shape index (κ1) is 20.5. The van der Waals surface area contributed by atoms with Crippen molar-refractivity contribution < 1.29 is 28.2 Å². The van der Waals surface area contributed by atoms with Crippen molar-refractivity contribution in [3.8, 4) is 11.5 Å². The fraction of sp³-hybridized carbons (Fsp3) is 0.200. The summed E-state index contributed by atoms with van der Waals surface area (Å²) in [6.45, 7) is 1.68. The average molecular weight is 393 g/mol. The summed E-state index contributed by atoms with van der Waals surface area (Å²) in [5, 5.41) is 0.325. The molecule has 0 aliphatic carbocycles. The van der Waals surface area contributed by atoms with Crippen LogP contribution in [0.3, 0.4) is 0 Å². The molecule has 7 heteroatoms. The number of benzene rings is 2. The molecule has 0 fully saturated rings. The highest BCUT2D eigenvalue weighted by atomic mass is 35.5. The normalized spacial score (nSPS) is 10.7. The molecule has 0 aromatic heterocycles. The summed E-state index contributed by atoms with van der Waals surface area (Å²) >= 11 is 6.14. The molecular formula is C20H18ClFO5. The Morgan fingerprint density at radius 2 is 1.96 bits per heavy atom. The van der Waals surface area contributed by atoms with E-state index in [1.165, 1.54) is 37.5 Å². The van der Waals surface area contributed by atoms with E-state index in [1.54, 1.807) is 12.1 Å². The van der Waals surface area contributed by atoms with Gasteiger partial charge in [0.25, 0.3) is 0 Å². The second-order valence-electron chi connectivity index (χ2n) is 5.31. The molecule has 0 bridgehead atoms. The minimum atomic E-state index is -0.746. The van der Waals surface area contributed by atoms with E-state index in [4.69, 9.17) is 25.8 Å². The molecule has 0 heterocycles. The number of Topliss-reactive ketones (excluding diaryl/α,β-unsaturated/α-hetero) is 1. The van der Waals surface area contributed by atoms with Crippen LogP contribution in [0.15, 0.2) is 42.5 Å². The summed E-state index contributed by atoms with van der Waals surface area (Å²) in [7, 11) is 1.48. The van der Waals surface area contributed by atoms with Crippen LogP contribution in [0.2, 0.25) is 5.02 Å². The highest BCUT2D eigenvalue weighted by Crippen LogP contribution is 2.36. The molecule has 27 heavy (non-hydrogen) atoms. The zero-order valence-electron chi connectivity index (χ0n) is 14.8. The Hall–Kier alpha value is -2.86. The van der Waals surface area contributed by atoms with Crippen LogP contribution in [0, 0.1) is 5.82 Å². The van der Waals surface area contributed by atoms with Crippen molar-refractivity contribution in [1.82, 2.24) is 0 Å². The van der Waals surface area contributed by atoms with Gasteiger partial charge in [0.15, 0.2) is 18.1 Å². The van der Waals surface area contributed by atoms with E-state index in [1.807, 2.05) is 6.92 Å². The third-order valence-electron chi connectivity index (χ3n) is 3.47. The molecule has 0 atom stereocenters. The largest absolute Gasteiger partial charge is 0.491 e. The molecule has 0 amide bonds. The molecule has 0 aliphatic rings. The van der Waals surface area contributed by atoms with Crippen LogP contribution in [0.1, 0.15) is 22.8 Å². The number of hydrogen-bond donors (Lipinski definition) is 0. The Balaban J connectivity index is 2.02. The second-order valence-corrected chi connectivity index (χ2v) is 5.72. The van der Waals surface area contributed by atoms with Crippen LogP contribution < -0.4 is 9.47 Å². The predicted octanol–water partition coefficient (Wildman–Crippen LogP) is 4.33. The minimum Gasteiger partial charge on any atom is -0.491 e. The Bertz CT molecular complexity index is 863. The van der Waals surface area contributed by atoms with Crippen LogP contribution in [-0.2, 0) is 9.53 Å². The van der Waals surface area contributed by atoms with E-state index in [2.05, 4.69) is 0 Å². The van der Waals surface area contributed by atoms with Crippen LogP contribution in [0.25, 0.3) is 6.08 Å². The number of ether oxygens (including phenoxy) is 3. The summed E-state index contributed by atoms with van der Waals surface area (Å²) in [6, 6.07) is 8.74. The maximum absolute atomic E-state index is 13.5. The monoisotopic (exact) mass is 392 g/mol. The molecule has 0 unspecified atom stereocenters. The number of rotatable bonds is 8. The van der Waals surface area contributed by atoms with Crippen molar-refractivity contribution in [2.45, 2.75) is 6.92 Å². The van der Waals surface area contributed by atoms with Crippen LogP contribution >= 0.6 is 11.6 Å². The zero-order valence-corrected chi connectivity index (χ0v) is 15.6. The fourth-order valence-corrected chi connectivity index (χ4v) is 2.56. The number of halogens is 2. The van der Waals surface area contributed by atoms with Crippen molar-refractivity contribution >= 4 is 29.4 Å². The van der Waals surface area contributed by atoms with E-state index in [9.17, 15) is 14.0 Å². The Labute approximate surface area is 161 Å². The molecular weight excluding hydrogens is 375 g/mol. The number of esters is 1. The summed E-state index contributed by atoms with van der Waals surface area (Å²) in [5.41, 5.74) is 0.458. The van der Waals surface area contributed by atoms with Crippen LogP contribution in [0.4, 0.5) is 4.39 Å². The fourth-order valence-electron chi connectivity index (χ4n) is 2.26. The van der Waals surface area contributed by atoms with Gasteiger partial charge >= 0.3 is 5.97 Å². The first-order chi connectivity index (χ1) is 13.0. The van der Waals surface area contributed by atoms with Gasteiger partial charge in [0, 0.05) is 6.08 Å². The zero-order chi connectivity index (χ0) is 19.8. The van der Waals surface area contributed by atoms with Gasteiger partial charge in [-0.05, 0) is 42.8 Å². The topological polar surface area (TPSA) is 61.8 Å². The Morgan fingerprint density at radius 1 is 1.22 bits per heavy atom. The minimum absolute atomic E-state index is 0.127. The number of hydrogen-bond acceptors (Lipinski definition) is 5. The summed E-state index contributed by atoms with van der Waals surface area (Å²) in [5.74, 6) is -1.19. The van der Waals surface area contributed by atoms with Gasteiger partial charge in [0.1, 0.15) is 5.82 Å². The molecule has 0 N–H and O–H groups in total. The highest BCUT2D eigenvalue weighted by molar-refractivity contribution is 6.32. The van der Waals surface area contributed by atoms with Gasteiger partial charge in [-0.3, -0.25) is 4.79 Å². The lowest BCUT2D eigenvalue weighted by atomic mass is 10.1. The van der Waals surface area contributed by atoms with Crippen molar-refractivity contribution in [2.75, 3.05) is 20.3 Å². The van der Waals surface area contributed by atoms with E-state index in [-0.39, 0.29) is 5.56 Å². The summed E-state index contributed by atoms with van der Waals surface area (Å²) in [4.78, 5) is 23.7. The molecule has 5 nitrogen and oxygen atoms in total. The summed E-state index contributed by atoms with van der Waals surface area (Å²) < 4.78 is 29.0. The maximum atomic E-state index is 13.5. The lowest BCUT2D eigenvalue weighted by molar-refractivity contribution is -0.136. The molecule has 2 aromatic carbocycles. The number of carbonyl (C=O) groups excluding carboxylic acids is 2. The molecule has 0 saturated heterocycles. The third kappa shape index (κ3) is 5.56. The van der Waals surface area contributed by atoms with Crippen LogP contribution in [-0.4, -0.2) is 32.1 Å². The van der Waals surface area contributed by atoms with Crippen molar-refractivity contribution in [3.05, 3.63) is 64.4 Å². The third-order valence-corrected chi connectivity index (χ3v) is 3.75. The molecule has 0 saturated carbocycles. The van der Waals surface area contributed by atoms with E-state index in [0.29, 0.717) is 28.7 Å². The van der Waals surface area contributed by atoms with E-state index < -0.39 is 24.2 Å². The molecule has 2 rings (SSSR count). The Morgan fingerprint density at radius 3 is 2.63 bits per heavy atom. The van der Waals surface area contributed by atoms with Gasteiger partial charge in [0.2, 0.25) is 5.78 Å². The quantitative estimate of drug-likeness (QED) is 0.380. The van der Waals surface area contributed by atoms with Crippen molar-refractivity contribution in [2.24, 2.45) is 0 Å². The predicted molar refractivity (Wildman–Crippen MR) is 99.9 cm³/mol. The standard InChI is InChI=1S/C20H18ClFO5/c1-3-26-18-11-13(10-15(21)20(18)25-2)8-9-19(24)27-12-17(23)14-6-4-5-7-16(14)22/h4-11H,3,12H2,1-2H3/b9-8+. The van der Waals surface area contributed by atoms with Gasteiger partial charge < -0.3 is 14.2 Å². The van der Waals surface area contributed by atoms with Gasteiger partial charge in [-0.2, -0.15) is 0 Å². The number of ketones is 1. The van der Waals surface area contributed by atoms with Crippen molar-refractivity contribution in [3.63, 3.8) is 0 Å². The first-order valence-electron chi connectivity index (χ1n) is 8.09. The van der Waals surface area contributed by atoms with Gasteiger partial charge in [-0.1, -0.05) is 23.7 Å². The molecule has 2 aromatic rings. The van der Waals surface area contributed by atoms with E-state index >= 15 is 0 Å². The smallest absolute Gasteiger partial charge is 0.331 e. The van der Waals surface area contributed by atoms with Gasteiger partial charge in [-0.15, -0.1) is 0 Å². The number of carbonyl (C=O) groups is 2. The molecule has 0 radical (unpaired) electrons. The van der Waals surface area contributed by atoms with Crippen LogP contribution in [0.5, 0.6) is 11.5 Å². The average Bonchev–Trinajstić information content (AvgIpc) is 2.65. The van der Waals surface area contributed by atoms with E-state index in [0.717, 1.165) is 6.08 Å². The van der Waals surface area contributed by atoms with Gasteiger partial charge in [-0.25, -0.2) is 9.18 Å². The number of methoxy groups -OCH3 is 1. The molecule has 142 valence electrons. The second kappa shape index (κ2) is 9.73. The maximum Gasteiger partial charge on any atom is 0.331 e. The SMILES string of the molecule is CCOc1cc(/C=C/C(=O)OCC(=O)c2ccccc2F)cc(Cl)c1OC. The molecule has 0 spiro atoms. The van der Waals surface area contributed by atoms with Crippen molar-refractivity contribution in [1.29, 1.82) is 0 Å². The van der Waals surface area contributed by atoms with Gasteiger partial charge in [0.05, 0.1) is 24.3 Å². The Kier molecular flexibility index (Phi) is 7.37. The highest BCUT2D eigenvalue weighted by Gasteiger charge is 2.13. The first-order valence-corrected chi connectivity index (χ1v) is 8.47. The lowest BCUT2D eigenvalue weighted by Gasteiger charge is -2.11.